The molecule has 2 aromatic rings. The minimum atomic E-state index is -5.08. The van der Waals surface area contributed by atoms with Crippen molar-refractivity contribution in [3.8, 4) is 0 Å². The smallest absolute Gasteiger partial charge is 0.475 e. The summed E-state index contributed by atoms with van der Waals surface area (Å²) in [5.74, 6) is -3.50. The largest absolute Gasteiger partial charge is 0.490 e. The monoisotopic (exact) mass is 583 g/mol. The van der Waals surface area contributed by atoms with E-state index in [-0.39, 0.29) is 23.7 Å². The number of halogens is 4. The van der Waals surface area contributed by atoms with Crippen molar-refractivity contribution in [3.63, 3.8) is 0 Å². The molecule has 15 heteroatoms. The van der Waals surface area contributed by atoms with Gasteiger partial charge >= 0.3 is 12.1 Å². The number of benzene rings is 2. The van der Waals surface area contributed by atoms with Gasteiger partial charge in [0.05, 0.1) is 10.6 Å². The van der Waals surface area contributed by atoms with Crippen LogP contribution >= 0.6 is 0 Å². The maximum atomic E-state index is 13.5. The van der Waals surface area contributed by atoms with Crippen LogP contribution in [-0.2, 0) is 31.4 Å². The van der Waals surface area contributed by atoms with Crippen LogP contribution in [0.2, 0.25) is 0 Å². The number of carboxylic acids is 1. The molecule has 1 saturated heterocycles. The number of nitrogens with zero attached hydrogens (tertiary/aromatic N) is 2. The van der Waals surface area contributed by atoms with Crippen LogP contribution in [0.1, 0.15) is 16.7 Å². The lowest BCUT2D eigenvalue weighted by Crippen LogP contribution is -2.48. The van der Waals surface area contributed by atoms with Crippen LogP contribution in [0, 0.1) is 19.7 Å². The second-order valence-corrected chi connectivity index (χ2v) is 12.5. The Bertz CT molecular complexity index is 1310. The van der Waals surface area contributed by atoms with Gasteiger partial charge in [-0.3, -0.25) is 0 Å². The lowest BCUT2D eigenvalue weighted by Gasteiger charge is -2.28. The van der Waals surface area contributed by atoms with Gasteiger partial charge in [0.25, 0.3) is 0 Å². The molecule has 0 radical (unpaired) electrons. The number of aliphatic carboxylic acids is 1. The molecule has 3 rings (SSSR count). The summed E-state index contributed by atoms with van der Waals surface area (Å²) in [5, 5.41) is 10.2. The Morgan fingerprint density at radius 2 is 1.58 bits per heavy atom. The fourth-order valence-electron chi connectivity index (χ4n) is 3.47. The number of alkyl halides is 3. The Morgan fingerprint density at radius 3 is 2.11 bits per heavy atom. The van der Waals surface area contributed by atoms with E-state index >= 15 is 0 Å². The zero-order valence-electron chi connectivity index (χ0n) is 20.7. The van der Waals surface area contributed by atoms with E-state index < -0.39 is 38.0 Å². The molecule has 1 heterocycles. The summed E-state index contributed by atoms with van der Waals surface area (Å²) in [4.78, 5) is 9.04. The Balaban J connectivity index is 0.000000638. The topological polar surface area (TPSA) is 124 Å². The number of piperazine rings is 1. The molecule has 9 nitrogen and oxygen atoms in total. The molecule has 1 fully saturated rings. The second-order valence-electron chi connectivity index (χ2n) is 8.50. The molecule has 0 unspecified atom stereocenters. The summed E-state index contributed by atoms with van der Waals surface area (Å²) in [6.45, 7) is 5.14. The van der Waals surface area contributed by atoms with Gasteiger partial charge in [-0.15, -0.1) is 0 Å². The maximum absolute atomic E-state index is 13.5. The highest BCUT2D eigenvalue weighted by atomic mass is 32.2. The Kier molecular flexibility index (Phi) is 10.8. The van der Waals surface area contributed by atoms with Crippen LogP contribution in [-0.4, -0.2) is 81.2 Å². The summed E-state index contributed by atoms with van der Waals surface area (Å²) >= 11 is 0. The van der Waals surface area contributed by atoms with Gasteiger partial charge in [0.1, 0.15) is 5.82 Å². The highest BCUT2D eigenvalue weighted by Gasteiger charge is 2.38. The molecule has 0 spiro atoms. The van der Waals surface area contributed by atoms with Gasteiger partial charge in [0, 0.05) is 39.3 Å². The molecule has 212 valence electrons. The third-order valence-electron chi connectivity index (χ3n) is 5.54. The molecule has 2 aromatic carbocycles. The highest BCUT2D eigenvalue weighted by molar-refractivity contribution is 7.90. The SMILES string of the molecule is Cc1ccc(C)c(S(=O)(=O)N(CCS(=O)(=O)N2CCNCC2)Cc2ccc(F)cc2)c1.O=C(O)C(F)(F)F. The highest BCUT2D eigenvalue weighted by Crippen LogP contribution is 2.23. The van der Waals surface area contributed by atoms with Gasteiger partial charge in [0.2, 0.25) is 20.0 Å². The van der Waals surface area contributed by atoms with Crippen molar-refractivity contribution >= 4 is 26.0 Å². The van der Waals surface area contributed by atoms with Crippen molar-refractivity contribution in [2.24, 2.45) is 0 Å². The van der Waals surface area contributed by atoms with Gasteiger partial charge in [-0.25, -0.2) is 26.0 Å². The molecule has 0 aromatic heterocycles. The molecule has 2 N–H and O–H groups in total. The van der Waals surface area contributed by atoms with Gasteiger partial charge in [0.15, 0.2) is 0 Å². The molecule has 38 heavy (non-hydrogen) atoms. The zero-order chi connectivity index (χ0) is 28.7. The quantitative estimate of drug-likeness (QED) is 0.458. The predicted octanol–water partition coefficient (Wildman–Crippen LogP) is 2.50. The van der Waals surface area contributed by atoms with Crippen LogP contribution in [0.25, 0.3) is 0 Å². The summed E-state index contributed by atoms with van der Waals surface area (Å²) in [6, 6.07) is 10.7. The number of carboxylic acid groups (broad SMARTS) is 1. The zero-order valence-corrected chi connectivity index (χ0v) is 22.3. The molecular formula is C23H29F4N3O6S2. The van der Waals surface area contributed by atoms with Crippen molar-refractivity contribution in [3.05, 3.63) is 65.0 Å². The van der Waals surface area contributed by atoms with E-state index in [2.05, 4.69) is 5.32 Å². The van der Waals surface area contributed by atoms with Crippen molar-refractivity contribution < 1.29 is 44.3 Å². The van der Waals surface area contributed by atoms with E-state index in [9.17, 15) is 34.4 Å². The van der Waals surface area contributed by atoms with Crippen molar-refractivity contribution in [1.82, 2.24) is 13.9 Å². The number of sulfonamides is 2. The van der Waals surface area contributed by atoms with Crippen LogP contribution in [0.3, 0.4) is 0 Å². The van der Waals surface area contributed by atoms with Gasteiger partial charge in [-0.2, -0.15) is 21.8 Å². The molecule has 1 aliphatic heterocycles. The van der Waals surface area contributed by atoms with Crippen LogP contribution in [0.15, 0.2) is 47.4 Å². The predicted molar refractivity (Wildman–Crippen MR) is 132 cm³/mol. The molecule has 0 atom stereocenters. The molecule has 0 amide bonds. The number of aryl methyl sites for hydroxylation is 2. The lowest BCUT2D eigenvalue weighted by atomic mass is 10.2. The van der Waals surface area contributed by atoms with Gasteiger partial charge in [-0.1, -0.05) is 24.3 Å². The first-order valence-electron chi connectivity index (χ1n) is 11.3. The van der Waals surface area contributed by atoms with Crippen LogP contribution < -0.4 is 5.32 Å². The van der Waals surface area contributed by atoms with E-state index in [4.69, 9.17) is 9.90 Å². The maximum Gasteiger partial charge on any atom is 0.490 e. The molecular weight excluding hydrogens is 554 g/mol. The Hall–Kier alpha value is -2.59. The summed E-state index contributed by atoms with van der Waals surface area (Å²) in [6.07, 6.45) is -5.08. The van der Waals surface area contributed by atoms with E-state index in [1.54, 1.807) is 26.0 Å². The number of hydrogen-bond donors (Lipinski definition) is 2. The van der Waals surface area contributed by atoms with Crippen molar-refractivity contribution in [2.45, 2.75) is 31.5 Å². The molecule has 1 aliphatic rings. The average Bonchev–Trinajstić information content (AvgIpc) is 2.84. The number of rotatable bonds is 8. The van der Waals surface area contributed by atoms with E-state index in [1.807, 2.05) is 6.07 Å². The van der Waals surface area contributed by atoms with Crippen LogP contribution in [0.5, 0.6) is 0 Å². The van der Waals surface area contributed by atoms with Gasteiger partial charge < -0.3 is 10.4 Å². The summed E-state index contributed by atoms with van der Waals surface area (Å²) < 4.78 is 100. The van der Waals surface area contributed by atoms with Crippen molar-refractivity contribution in [1.29, 1.82) is 0 Å². The molecule has 0 saturated carbocycles. The van der Waals surface area contributed by atoms with E-state index in [0.29, 0.717) is 37.3 Å². The fourth-order valence-corrected chi connectivity index (χ4v) is 6.77. The number of nitrogens with one attached hydrogen (secondary N) is 1. The Labute approximate surface area is 219 Å². The Morgan fingerprint density at radius 1 is 1.03 bits per heavy atom. The first-order valence-corrected chi connectivity index (χ1v) is 14.4. The first kappa shape index (κ1) is 31.6. The summed E-state index contributed by atoms with van der Waals surface area (Å²) in [5.41, 5.74) is 1.95. The van der Waals surface area contributed by atoms with E-state index in [0.717, 1.165) is 5.56 Å². The lowest BCUT2D eigenvalue weighted by molar-refractivity contribution is -0.192. The molecule has 0 bridgehead atoms. The number of carbonyl (C=O) groups is 1. The third kappa shape index (κ3) is 9.01. The van der Waals surface area contributed by atoms with Crippen molar-refractivity contribution in [2.75, 3.05) is 38.5 Å². The number of hydrogen-bond acceptors (Lipinski definition) is 6. The standard InChI is InChI=1S/C21H28FN3O4S2.C2HF3O2/c1-17-3-4-18(2)21(15-17)31(28,29)25(16-19-5-7-20(22)8-6-19)13-14-30(26,27)24-11-9-23-10-12-24;3-2(4,5)1(6)7/h3-8,15,23H,9-14,16H2,1-2H3;(H,6,7). The van der Waals surface area contributed by atoms with Gasteiger partial charge in [-0.05, 0) is 48.7 Å². The third-order valence-corrected chi connectivity index (χ3v) is 9.38. The molecule has 0 aliphatic carbocycles. The average molecular weight is 584 g/mol. The minimum absolute atomic E-state index is 0.0485. The normalized spacial score (nSPS) is 15.1. The first-order chi connectivity index (χ1) is 17.5. The van der Waals surface area contributed by atoms with E-state index in [1.165, 1.54) is 32.9 Å². The van der Waals surface area contributed by atoms with Crippen LogP contribution in [0.4, 0.5) is 17.6 Å². The minimum Gasteiger partial charge on any atom is -0.475 e. The fraction of sp³-hybridized carbons (Fsp3) is 0.435. The second kappa shape index (κ2) is 13.0. The summed E-state index contributed by atoms with van der Waals surface area (Å²) in [7, 11) is -7.58.